The molecule has 0 saturated heterocycles. The van der Waals surface area contributed by atoms with Crippen LogP contribution < -0.4 is 0 Å². The first-order chi connectivity index (χ1) is 7.35. The third-order valence-corrected chi connectivity index (χ3v) is 2.58. The van der Waals surface area contributed by atoms with Crippen molar-refractivity contribution < 1.29 is 10.3 Å². The Balaban J connectivity index is 0.000000265. The molecule has 3 heteroatoms. The highest BCUT2D eigenvalue weighted by Crippen LogP contribution is 2.13. The van der Waals surface area contributed by atoms with Crippen LogP contribution in [0.2, 0.25) is 0 Å². The van der Waals surface area contributed by atoms with E-state index in [9.17, 15) is 0 Å². The maximum Gasteiger partial charge on any atom is 0.0570 e. The van der Waals surface area contributed by atoms with Crippen LogP contribution in [0, 0.1) is 0 Å². The second-order valence-corrected chi connectivity index (χ2v) is 4.01. The number of rotatable bonds is 4. The summed E-state index contributed by atoms with van der Waals surface area (Å²) in [5, 5.41) is 19.7. The summed E-state index contributed by atoms with van der Waals surface area (Å²) in [7, 11) is 0. The summed E-state index contributed by atoms with van der Waals surface area (Å²) in [6, 6.07) is 0. The minimum absolute atomic E-state index is 0.361. The van der Waals surface area contributed by atoms with Crippen molar-refractivity contribution in [2.75, 3.05) is 6.61 Å². The van der Waals surface area contributed by atoms with E-state index in [1.54, 1.807) is 0 Å². The highest BCUT2D eigenvalue weighted by Gasteiger charge is 2.05. The summed E-state index contributed by atoms with van der Waals surface area (Å²) >= 11 is 0. The lowest BCUT2D eigenvalue weighted by Gasteiger charge is -2.08. The zero-order chi connectivity index (χ0) is 11.4. The smallest absolute Gasteiger partial charge is 0.0570 e. The van der Waals surface area contributed by atoms with Crippen LogP contribution in [0.15, 0.2) is 5.16 Å². The largest absolute Gasteiger partial charge is 0.411 e. The molecule has 0 amide bonds. The zero-order valence-corrected chi connectivity index (χ0v) is 9.91. The molecule has 0 heterocycles. The van der Waals surface area contributed by atoms with E-state index in [0.717, 1.165) is 25.0 Å². The van der Waals surface area contributed by atoms with E-state index in [0.29, 0.717) is 6.61 Å². The van der Waals surface area contributed by atoms with E-state index < -0.39 is 0 Å². The maximum atomic E-state index is 8.29. The van der Waals surface area contributed by atoms with E-state index in [1.165, 1.54) is 38.5 Å². The number of nitrogens with zero attached hydrogens (tertiary/aromatic N) is 1. The molecule has 1 aliphatic carbocycles. The molecule has 0 radical (unpaired) electrons. The van der Waals surface area contributed by atoms with Crippen molar-refractivity contribution in [3.8, 4) is 0 Å². The molecular weight excluding hydrogens is 190 g/mol. The third kappa shape index (κ3) is 9.73. The number of aliphatic hydroxyl groups is 1. The maximum absolute atomic E-state index is 8.29. The van der Waals surface area contributed by atoms with E-state index in [-0.39, 0.29) is 0 Å². The molecule has 0 aromatic heterocycles. The Morgan fingerprint density at radius 3 is 2.13 bits per heavy atom. The molecule has 1 saturated carbocycles. The lowest BCUT2D eigenvalue weighted by molar-refractivity contribution is 0.283. The quantitative estimate of drug-likeness (QED) is 0.429. The summed E-state index contributed by atoms with van der Waals surface area (Å²) in [6.45, 7) is 2.53. The molecule has 0 spiro atoms. The minimum Gasteiger partial charge on any atom is -0.411 e. The van der Waals surface area contributed by atoms with Gasteiger partial charge in [0.05, 0.1) is 5.71 Å². The van der Waals surface area contributed by atoms with Gasteiger partial charge in [0.2, 0.25) is 0 Å². The predicted octanol–water partition coefficient (Wildman–Crippen LogP) is 3.34. The van der Waals surface area contributed by atoms with E-state index in [2.05, 4.69) is 12.1 Å². The summed E-state index contributed by atoms with van der Waals surface area (Å²) in [5.74, 6) is 0. The molecule has 1 fully saturated rings. The van der Waals surface area contributed by atoms with Crippen molar-refractivity contribution in [3.63, 3.8) is 0 Å². The highest BCUT2D eigenvalue weighted by molar-refractivity contribution is 5.84. The topological polar surface area (TPSA) is 52.8 Å². The first-order valence-electron chi connectivity index (χ1n) is 6.15. The Hall–Kier alpha value is -0.570. The standard InChI is InChI=1S/C6H11NO.C6H14O/c8-7-6-4-2-1-3-5-6;1-2-3-4-5-6-7/h8H,1-5H2;7H,2-6H2,1H3. The second-order valence-electron chi connectivity index (χ2n) is 4.01. The number of hydrogen-bond acceptors (Lipinski definition) is 3. The Kier molecular flexibility index (Phi) is 11.1. The molecule has 0 aromatic rings. The Morgan fingerprint density at radius 1 is 1.07 bits per heavy atom. The van der Waals surface area contributed by atoms with Crippen LogP contribution in [0.25, 0.3) is 0 Å². The minimum atomic E-state index is 0.361. The number of oxime groups is 1. The summed E-state index contributed by atoms with van der Waals surface area (Å²) in [6.07, 6.45) is 10.4. The number of unbranched alkanes of at least 4 members (excludes halogenated alkanes) is 3. The Bertz CT molecular complexity index is 146. The van der Waals surface area contributed by atoms with Crippen LogP contribution in [0.5, 0.6) is 0 Å². The third-order valence-electron chi connectivity index (χ3n) is 2.58. The molecule has 0 aromatic carbocycles. The van der Waals surface area contributed by atoms with E-state index in [1.807, 2.05) is 0 Å². The molecule has 3 nitrogen and oxygen atoms in total. The first kappa shape index (κ1) is 14.4. The van der Waals surface area contributed by atoms with Crippen LogP contribution in [-0.4, -0.2) is 22.6 Å². The van der Waals surface area contributed by atoms with E-state index in [4.69, 9.17) is 10.3 Å². The van der Waals surface area contributed by atoms with Gasteiger partial charge in [-0.3, -0.25) is 0 Å². The van der Waals surface area contributed by atoms with Gasteiger partial charge in [-0.1, -0.05) is 37.8 Å². The van der Waals surface area contributed by atoms with Gasteiger partial charge in [0, 0.05) is 6.61 Å². The van der Waals surface area contributed by atoms with Crippen LogP contribution in [-0.2, 0) is 0 Å². The molecule has 2 N–H and O–H groups in total. The van der Waals surface area contributed by atoms with Crippen LogP contribution in [0.4, 0.5) is 0 Å². The SMILES string of the molecule is CCCCCCO.ON=C1CCCCC1. The van der Waals surface area contributed by atoms with Gasteiger partial charge >= 0.3 is 0 Å². The van der Waals surface area contributed by atoms with Crippen molar-refractivity contribution in [1.29, 1.82) is 0 Å². The average molecular weight is 215 g/mol. The van der Waals surface area contributed by atoms with Gasteiger partial charge in [0.25, 0.3) is 0 Å². The molecule has 0 aliphatic heterocycles. The fourth-order valence-electron chi connectivity index (χ4n) is 1.60. The van der Waals surface area contributed by atoms with Gasteiger partial charge in [-0.25, -0.2) is 0 Å². The fraction of sp³-hybridized carbons (Fsp3) is 0.917. The molecule has 15 heavy (non-hydrogen) atoms. The van der Waals surface area contributed by atoms with Crippen molar-refractivity contribution in [2.24, 2.45) is 5.16 Å². The van der Waals surface area contributed by atoms with Gasteiger partial charge in [0.15, 0.2) is 0 Å². The molecule has 0 atom stereocenters. The lowest BCUT2D eigenvalue weighted by Crippen LogP contribution is -2.03. The van der Waals surface area contributed by atoms with Crippen molar-refractivity contribution in [1.82, 2.24) is 0 Å². The van der Waals surface area contributed by atoms with Crippen LogP contribution in [0.1, 0.15) is 64.7 Å². The lowest BCUT2D eigenvalue weighted by atomic mass is 9.99. The molecule has 90 valence electrons. The normalized spacial score (nSPS) is 15.5. The summed E-state index contributed by atoms with van der Waals surface area (Å²) in [5.41, 5.74) is 0.983. The molecular formula is C12H25NO2. The van der Waals surface area contributed by atoms with E-state index >= 15 is 0 Å². The fourth-order valence-corrected chi connectivity index (χ4v) is 1.60. The first-order valence-corrected chi connectivity index (χ1v) is 6.15. The molecule has 0 unspecified atom stereocenters. The monoisotopic (exact) mass is 215 g/mol. The molecule has 1 aliphatic rings. The number of hydrogen-bond donors (Lipinski definition) is 2. The van der Waals surface area contributed by atoms with Gasteiger partial charge in [-0.05, 0) is 32.1 Å². The van der Waals surface area contributed by atoms with Gasteiger partial charge < -0.3 is 10.3 Å². The highest BCUT2D eigenvalue weighted by atomic mass is 16.4. The molecule has 0 bridgehead atoms. The second kappa shape index (κ2) is 11.5. The molecule has 1 rings (SSSR count). The summed E-state index contributed by atoms with van der Waals surface area (Å²) in [4.78, 5) is 0. The van der Waals surface area contributed by atoms with Crippen molar-refractivity contribution in [3.05, 3.63) is 0 Å². The summed E-state index contributed by atoms with van der Waals surface area (Å²) < 4.78 is 0. The zero-order valence-electron chi connectivity index (χ0n) is 9.91. The average Bonchev–Trinajstić information content (AvgIpc) is 2.32. The van der Waals surface area contributed by atoms with Gasteiger partial charge in [-0.15, -0.1) is 0 Å². The van der Waals surface area contributed by atoms with Gasteiger partial charge in [0.1, 0.15) is 0 Å². The van der Waals surface area contributed by atoms with Crippen molar-refractivity contribution >= 4 is 5.71 Å². The van der Waals surface area contributed by atoms with Crippen molar-refractivity contribution in [2.45, 2.75) is 64.7 Å². The van der Waals surface area contributed by atoms with Crippen LogP contribution >= 0.6 is 0 Å². The predicted molar refractivity (Wildman–Crippen MR) is 63.5 cm³/mol. The van der Waals surface area contributed by atoms with Crippen LogP contribution in [0.3, 0.4) is 0 Å². The Morgan fingerprint density at radius 2 is 1.73 bits per heavy atom. The van der Waals surface area contributed by atoms with Gasteiger partial charge in [-0.2, -0.15) is 0 Å². The number of aliphatic hydroxyl groups excluding tert-OH is 1. The Labute approximate surface area is 93.2 Å².